The standard InChI is InChI=1S/C12H14N2O3S/c1-4-14-6(2)5-7-8(11(14)15)9(13)10(18-7)12(16)17-3/h5H,4,13H2,1-3H3. The second-order valence-corrected chi connectivity index (χ2v) is 4.96. The molecule has 0 aliphatic carbocycles. The number of carbonyl (C=O) groups is 1. The number of hydrogen-bond acceptors (Lipinski definition) is 5. The van der Waals surface area contributed by atoms with E-state index >= 15 is 0 Å². The first-order valence-corrected chi connectivity index (χ1v) is 6.33. The number of anilines is 1. The van der Waals surface area contributed by atoms with Crippen LogP contribution in [-0.2, 0) is 11.3 Å². The summed E-state index contributed by atoms with van der Waals surface area (Å²) in [6.45, 7) is 4.32. The molecule has 0 radical (unpaired) electrons. The van der Waals surface area contributed by atoms with Gasteiger partial charge < -0.3 is 15.0 Å². The van der Waals surface area contributed by atoms with E-state index in [0.29, 0.717) is 11.9 Å². The maximum Gasteiger partial charge on any atom is 0.350 e. The summed E-state index contributed by atoms with van der Waals surface area (Å²) >= 11 is 1.19. The predicted octanol–water partition coefficient (Wildman–Crippen LogP) is 1.76. The number of fused-ring (bicyclic) bond motifs is 1. The Hall–Kier alpha value is -1.82. The van der Waals surface area contributed by atoms with E-state index in [0.717, 1.165) is 10.4 Å². The fourth-order valence-electron chi connectivity index (χ4n) is 1.98. The van der Waals surface area contributed by atoms with Gasteiger partial charge >= 0.3 is 5.97 Å². The van der Waals surface area contributed by atoms with Crippen LogP contribution in [0.1, 0.15) is 22.3 Å². The lowest BCUT2D eigenvalue weighted by molar-refractivity contribution is 0.0607. The van der Waals surface area contributed by atoms with Crippen LogP contribution >= 0.6 is 11.3 Å². The number of methoxy groups -OCH3 is 1. The zero-order chi connectivity index (χ0) is 13.4. The van der Waals surface area contributed by atoms with E-state index in [4.69, 9.17) is 5.73 Å². The molecular weight excluding hydrogens is 252 g/mol. The molecule has 0 aromatic carbocycles. The molecule has 0 aliphatic rings. The lowest BCUT2D eigenvalue weighted by atomic mass is 10.2. The largest absolute Gasteiger partial charge is 0.465 e. The summed E-state index contributed by atoms with van der Waals surface area (Å²) < 4.78 is 7.01. The highest BCUT2D eigenvalue weighted by Crippen LogP contribution is 2.32. The third-order valence-electron chi connectivity index (χ3n) is 2.88. The Morgan fingerprint density at radius 3 is 2.78 bits per heavy atom. The van der Waals surface area contributed by atoms with E-state index in [1.165, 1.54) is 18.4 Å². The highest BCUT2D eigenvalue weighted by atomic mass is 32.1. The maximum atomic E-state index is 12.3. The lowest BCUT2D eigenvalue weighted by Crippen LogP contribution is -2.21. The number of aryl methyl sites for hydroxylation is 1. The van der Waals surface area contributed by atoms with Gasteiger partial charge in [-0.1, -0.05) is 0 Å². The quantitative estimate of drug-likeness (QED) is 0.840. The minimum absolute atomic E-state index is 0.156. The molecule has 0 atom stereocenters. The fraction of sp³-hybridized carbons (Fsp3) is 0.333. The Labute approximate surface area is 108 Å². The predicted molar refractivity (Wildman–Crippen MR) is 72.2 cm³/mol. The summed E-state index contributed by atoms with van der Waals surface area (Å²) in [5.41, 5.74) is 6.80. The van der Waals surface area contributed by atoms with Gasteiger partial charge in [-0.25, -0.2) is 4.79 Å². The summed E-state index contributed by atoms with van der Waals surface area (Å²) in [7, 11) is 1.29. The summed E-state index contributed by atoms with van der Waals surface area (Å²) in [5, 5.41) is 0.410. The molecule has 2 aromatic heterocycles. The molecule has 0 saturated carbocycles. The molecule has 2 rings (SSSR count). The number of ether oxygens (including phenoxy) is 1. The second kappa shape index (κ2) is 4.45. The number of rotatable bonds is 2. The molecule has 0 bridgehead atoms. The Morgan fingerprint density at radius 1 is 1.56 bits per heavy atom. The van der Waals surface area contributed by atoms with Crippen LogP contribution < -0.4 is 11.3 Å². The van der Waals surface area contributed by atoms with Crippen molar-refractivity contribution in [1.82, 2.24) is 4.57 Å². The number of carbonyl (C=O) groups excluding carboxylic acids is 1. The molecule has 0 aliphatic heterocycles. The first-order valence-electron chi connectivity index (χ1n) is 5.52. The lowest BCUT2D eigenvalue weighted by Gasteiger charge is -2.06. The number of nitrogens with zero attached hydrogens (tertiary/aromatic N) is 1. The van der Waals surface area contributed by atoms with Crippen molar-refractivity contribution in [3.05, 3.63) is 27.0 Å². The van der Waals surface area contributed by atoms with E-state index < -0.39 is 5.97 Å². The van der Waals surface area contributed by atoms with Gasteiger partial charge in [0.25, 0.3) is 5.56 Å². The van der Waals surface area contributed by atoms with Crippen LogP contribution in [0.25, 0.3) is 10.1 Å². The molecule has 0 spiro atoms. The molecular formula is C12H14N2O3S. The van der Waals surface area contributed by atoms with E-state index in [2.05, 4.69) is 4.74 Å². The molecule has 2 heterocycles. The molecule has 0 unspecified atom stereocenters. The number of nitrogens with two attached hydrogens (primary N) is 1. The van der Waals surface area contributed by atoms with Gasteiger partial charge in [-0.2, -0.15) is 0 Å². The van der Waals surface area contributed by atoms with Crippen LogP contribution in [0, 0.1) is 6.92 Å². The van der Waals surface area contributed by atoms with Crippen molar-refractivity contribution in [1.29, 1.82) is 0 Å². The van der Waals surface area contributed by atoms with Crippen molar-refractivity contribution in [2.24, 2.45) is 0 Å². The molecule has 2 N–H and O–H groups in total. The molecule has 0 fully saturated rings. The topological polar surface area (TPSA) is 74.3 Å². The number of esters is 1. The molecule has 0 saturated heterocycles. The Bertz CT molecular complexity index is 685. The number of nitrogen functional groups attached to an aromatic ring is 1. The normalized spacial score (nSPS) is 10.8. The van der Waals surface area contributed by atoms with Gasteiger partial charge in [-0.05, 0) is 19.9 Å². The van der Waals surface area contributed by atoms with Gasteiger partial charge in [0.15, 0.2) is 0 Å². The van der Waals surface area contributed by atoms with Gasteiger partial charge in [-0.15, -0.1) is 11.3 Å². The SMILES string of the molecule is CCn1c(C)cc2sc(C(=O)OC)c(N)c2c1=O. The highest BCUT2D eigenvalue weighted by molar-refractivity contribution is 7.21. The second-order valence-electron chi connectivity index (χ2n) is 3.91. The molecule has 96 valence electrons. The zero-order valence-corrected chi connectivity index (χ0v) is 11.3. The van der Waals surface area contributed by atoms with Crippen molar-refractivity contribution >= 4 is 33.1 Å². The van der Waals surface area contributed by atoms with Crippen molar-refractivity contribution in [3.63, 3.8) is 0 Å². The number of pyridine rings is 1. The van der Waals surface area contributed by atoms with Crippen molar-refractivity contribution in [3.8, 4) is 0 Å². The number of hydrogen-bond donors (Lipinski definition) is 1. The first kappa shape index (κ1) is 12.6. The minimum Gasteiger partial charge on any atom is -0.465 e. The van der Waals surface area contributed by atoms with Gasteiger partial charge in [0, 0.05) is 16.9 Å². The molecule has 2 aromatic rings. The summed E-state index contributed by atoms with van der Waals surface area (Å²) in [4.78, 5) is 24.1. The summed E-state index contributed by atoms with van der Waals surface area (Å²) in [6.07, 6.45) is 0. The maximum absolute atomic E-state index is 12.3. The average Bonchev–Trinajstić information content (AvgIpc) is 2.66. The average molecular weight is 266 g/mol. The van der Waals surface area contributed by atoms with Crippen molar-refractivity contribution in [2.45, 2.75) is 20.4 Å². The van der Waals surface area contributed by atoms with Gasteiger partial charge in [0.05, 0.1) is 18.2 Å². The first-order chi connectivity index (χ1) is 8.51. The van der Waals surface area contributed by atoms with Crippen LogP contribution in [0.3, 0.4) is 0 Å². The van der Waals surface area contributed by atoms with E-state index in [9.17, 15) is 9.59 Å². The Kier molecular flexibility index (Phi) is 3.13. The smallest absolute Gasteiger partial charge is 0.350 e. The Morgan fingerprint density at radius 2 is 2.22 bits per heavy atom. The third-order valence-corrected chi connectivity index (χ3v) is 4.02. The van der Waals surface area contributed by atoms with Crippen LogP contribution in [-0.4, -0.2) is 17.6 Å². The van der Waals surface area contributed by atoms with E-state index in [1.54, 1.807) is 4.57 Å². The van der Waals surface area contributed by atoms with E-state index in [1.807, 2.05) is 19.9 Å². The summed E-state index contributed by atoms with van der Waals surface area (Å²) in [5.74, 6) is -0.506. The molecule has 5 nitrogen and oxygen atoms in total. The zero-order valence-electron chi connectivity index (χ0n) is 10.4. The van der Waals surface area contributed by atoms with Crippen LogP contribution in [0.15, 0.2) is 10.9 Å². The Balaban J connectivity index is 2.86. The van der Waals surface area contributed by atoms with Crippen LogP contribution in [0.2, 0.25) is 0 Å². The van der Waals surface area contributed by atoms with Crippen LogP contribution in [0.4, 0.5) is 5.69 Å². The van der Waals surface area contributed by atoms with Gasteiger partial charge in [0.2, 0.25) is 0 Å². The minimum atomic E-state index is -0.506. The van der Waals surface area contributed by atoms with Crippen molar-refractivity contribution in [2.75, 3.05) is 12.8 Å². The van der Waals surface area contributed by atoms with Crippen LogP contribution in [0.5, 0.6) is 0 Å². The summed E-state index contributed by atoms with van der Waals surface area (Å²) in [6, 6.07) is 1.87. The number of aromatic nitrogens is 1. The fourth-order valence-corrected chi connectivity index (χ4v) is 3.11. The van der Waals surface area contributed by atoms with Gasteiger partial charge in [-0.3, -0.25) is 4.79 Å². The number of thiophene rings is 1. The molecule has 6 heteroatoms. The highest BCUT2D eigenvalue weighted by Gasteiger charge is 2.20. The monoisotopic (exact) mass is 266 g/mol. The molecule has 18 heavy (non-hydrogen) atoms. The van der Waals surface area contributed by atoms with Crippen molar-refractivity contribution < 1.29 is 9.53 Å². The van der Waals surface area contributed by atoms with Gasteiger partial charge in [0.1, 0.15) is 4.88 Å². The third kappa shape index (κ3) is 1.69. The molecule has 0 amide bonds. The van der Waals surface area contributed by atoms with E-state index in [-0.39, 0.29) is 16.1 Å².